The zero-order valence-corrected chi connectivity index (χ0v) is 40.5. The molecule has 0 fully saturated rings. The summed E-state index contributed by atoms with van der Waals surface area (Å²) < 4.78 is 23.6. The highest BCUT2D eigenvalue weighted by molar-refractivity contribution is 6.24. The van der Waals surface area contributed by atoms with E-state index in [0.717, 1.165) is 12.5 Å². The van der Waals surface area contributed by atoms with Crippen molar-refractivity contribution < 1.29 is 68.8 Å². The van der Waals surface area contributed by atoms with Gasteiger partial charge < -0.3 is 54.9 Å². The second-order valence-electron chi connectivity index (χ2n) is 18.1. The number of Topliss-reactive ketones (excluding diaryl/α,β-unsaturated/α-hetero) is 1. The second-order valence-corrected chi connectivity index (χ2v) is 18.1. The smallest absolute Gasteiger partial charge is 0.312 e. The van der Waals surface area contributed by atoms with Crippen molar-refractivity contribution in [2.75, 3.05) is 19.0 Å². The molecule has 7 rings (SSSR count). The number of phenols is 3. The summed E-state index contributed by atoms with van der Waals surface area (Å²) in [6, 6.07) is 17.0. The molecule has 17 nitrogen and oxygen atoms in total. The number of esters is 1. The van der Waals surface area contributed by atoms with E-state index in [-0.39, 0.29) is 22.4 Å². The number of ketones is 1. The van der Waals surface area contributed by atoms with Gasteiger partial charge in [-0.3, -0.25) is 19.2 Å². The number of rotatable bonds is 8. The maximum atomic E-state index is 14.6. The summed E-state index contributed by atoms with van der Waals surface area (Å²) in [5, 5.41) is 76.0. The molecular formula is C53H61N3O14. The zero-order chi connectivity index (χ0) is 51.4. The first kappa shape index (κ1) is 52.3. The number of allylic oxidation sites excluding steroid dienone is 2. The van der Waals surface area contributed by atoms with Gasteiger partial charge in [-0.05, 0) is 31.1 Å². The first-order chi connectivity index (χ1) is 33.2. The molecule has 3 aliphatic rings. The Kier molecular flexibility index (Phi) is 15.9. The van der Waals surface area contributed by atoms with Crippen LogP contribution in [0.3, 0.4) is 0 Å². The Morgan fingerprint density at radius 3 is 2.06 bits per heavy atom. The molecule has 70 heavy (non-hydrogen) atoms. The van der Waals surface area contributed by atoms with E-state index >= 15 is 0 Å². The third-order valence-corrected chi connectivity index (χ3v) is 13.6. The van der Waals surface area contributed by atoms with Crippen molar-refractivity contribution in [3.05, 3.63) is 125 Å². The third kappa shape index (κ3) is 9.74. The molecule has 0 aliphatic carbocycles. The topological polar surface area (TPSA) is 263 Å². The fourth-order valence-corrected chi connectivity index (χ4v) is 9.25. The van der Waals surface area contributed by atoms with Crippen molar-refractivity contribution >= 4 is 46.2 Å². The van der Waals surface area contributed by atoms with Gasteiger partial charge in [0.05, 0.1) is 59.6 Å². The number of nitrogens with one attached hydrogen (secondary N) is 2. The second kappa shape index (κ2) is 21.3. The molecule has 3 heterocycles. The summed E-state index contributed by atoms with van der Waals surface area (Å²) in [7, 11) is 1.41. The number of aliphatic hydroxyl groups excluding tert-OH is 3. The van der Waals surface area contributed by atoms with E-state index in [2.05, 4.69) is 15.8 Å². The molecule has 2 amide bonds. The fraction of sp³-hybridized carbons (Fsp3) is 0.377. The number of hydrazone groups is 1. The highest BCUT2D eigenvalue weighted by atomic mass is 16.7. The largest absolute Gasteiger partial charge is 0.507 e. The highest BCUT2D eigenvalue weighted by Crippen LogP contribution is 2.55. The molecule has 8 N–H and O–H groups in total. The first-order valence-corrected chi connectivity index (χ1v) is 22.8. The molecular weight excluding hydrogens is 903 g/mol. The Labute approximate surface area is 405 Å². The molecule has 0 saturated heterocycles. The molecule has 0 spiro atoms. The number of hydrogen-bond acceptors (Lipinski definition) is 15. The number of carbonyl (C=O) groups is 4. The molecule has 9 atom stereocenters. The van der Waals surface area contributed by atoms with Crippen LogP contribution in [0.1, 0.15) is 81.1 Å². The van der Waals surface area contributed by atoms with Crippen molar-refractivity contribution in [2.45, 2.75) is 91.0 Å². The van der Waals surface area contributed by atoms with Gasteiger partial charge in [-0.1, -0.05) is 107 Å². The van der Waals surface area contributed by atoms with Gasteiger partial charge in [-0.25, -0.2) is 5.43 Å². The number of amides is 2. The lowest BCUT2D eigenvalue weighted by Gasteiger charge is -2.38. The van der Waals surface area contributed by atoms with Crippen LogP contribution >= 0.6 is 0 Å². The minimum absolute atomic E-state index is 0.0348. The Hall–Kier alpha value is -7.05. The highest BCUT2D eigenvalue weighted by Gasteiger charge is 2.50. The summed E-state index contributed by atoms with van der Waals surface area (Å²) >= 11 is 0. The van der Waals surface area contributed by atoms with Gasteiger partial charge in [0.1, 0.15) is 28.8 Å². The van der Waals surface area contributed by atoms with Crippen LogP contribution in [-0.4, -0.2) is 104 Å². The van der Waals surface area contributed by atoms with E-state index in [4.69, 9.17) is 18.9 Å². The standard InChI is InChI=1S/C53H61N3O14/c1-27-17-16-18-28(2)50(65)55-41-36(25-54-56-51(66)53(26-57,34-19-12-10-13-20-34)35-21-14-11-15-22-35)45(62)38-39(46(41)63)44(61)32(6)48-40(38)49(64)52(8,70-48)68-24-23-37(67-9)29(3)47(69-33(7)58)31(5)43(60)30(4)42(27)59/h10-25,27,29-31,37,42-43,47,57,59-63H,26H2,1-9H3,(H,55,65)(H,56,66)/b17-16?,24-23?,28-18?,54-25+. The van der Waals surface area contributed by atoms with Gasteiger partial charge >= 0.3 is 11.8 Å². The van der Waals surface area contributed by atoms with Gasteiger partial charge in [-0.15, -0.1) is 0 Å². The zero-order valence-electron chi connectivity index (χ0n) is 40.5. The van der Waals surface area contributed by atoms with Crippen LogP contribution in [0.15, 0.2) is 102 Å². The van der Waals surface area contributed by atoms with Crippen molar-refractivity contribution in [3.8, 4) is 23.0 Å². The number of aromatic hydroxyl groups is 3. The number of aliphatic hydroxyl groups is 3. The third-order valence-electron chi connectivity index (χ3n) is 13.6. The van der Waals surface area contributed by atoms with Crippen molar-refractivity contribution in [1.82, 2.24) is 5.43 Å². The van der Waals surface area contributed by atoms with Crippen LogP contribution in [0.25, 0.3) is 10.8 Å². The van der Waals surface area contributed by atoms with Crippen LogP contribution < -0.4 is 15.5 Å². The lowest BCUT2D eigenvalue weighted by atomic mass is 9.74. The van der Waals surface area contributed by atoms with Crippen molar-refractivity contribution in [3.63, 3.8) is 0 Å². The minimum atomic E-state index is -2.16. The average molecular weight is 964 g/mol. The molecule has 4 aromatic carbocycles. The molecule has 0 saturated carbocycles. The van der Waals surface area contributed by atoms with Crippen LogP contribution in [0.5, 0.6) is 23.0 Å². The number of ether oxygens (including phenoxy) is 4. The lowest BCUT2D eigenvalue weighted by molar-refractivity contribution is -0.160. The van der Waals surface area contributed by atoms with E-state index in [9.17, 15) is 49.8 Å². The SMILES string of the molecule is COC1C=COC2(C)Oc3c(C)c(O)c4c(O)c(c(/C=N/NC(=O)C(CO)(c5ccccc5)c5ccccc5)c(O)c4c3C2=O)NC(=O)C(C)=CC=CC(C)C(O)C(C)C(O)C(C)C(OC(C)=O)C1C. The number of anilines is 1. The maximum Gasteiger partial charge on any atom is 0.312 e. The molecule has 5 bridgehead atoms. The maximum absolute atomic E-state index is 14.6. The molecule has 372 valence electrons. The average Bonchev–Trinajstić information content (AvgIpc) is 3.61. The molecule has 0 aromatic heterocycles. The van der Waals surface area contributed by atoms with E-state index in [1.54, 1.807) is 94.4 Å². The fourth-order valence-electron chi connectivity index (χ4n) is 9.25. The normalized spacial score (nSPS) is 25.6. The number of phenolic OH excluding ortho intramolecular Hbond substituents is 3. The lowest BCUT2D eigenvalue weighted by Crippen LogP contribution is -2.46. The van der Waals surface area contributed by atoms with E-state index in [0.29, 0.717) is 11.1 Å². The van der Waals surface area contributed by atoms with E-state index in [1.165, 1.54) is 53.0 Å². The predicted molar refractivity (Wildman–Crippen MR) is 260 cm³/mol. The Bertz CT molecular complexity index is 2710. The van der Waals surface area contributed by atoms with Crippen LogP contribution in [0, 0.1) is 30.6 Å². The summed E-state index contributed by atoms with van der Waals surface area (Å²) in [4.78, 5) is 55.4. The number of carbonyl (C=O) groups excluding carboxylic acids is 4. The quantitative estimate of drug-likeness (QED) is 0.0322. The molecule has 4 aromatic rings. The number of nitrogens with zero attached hydrogens (tertiary/aromatic N) is 1. The number of hydrogen-bond donors (Lipinski definition) is 8. The van der Waals surface area contributed by atoms with Gasteiger partial charge in [0.2, 0.25) is 0 Å². The molecule has 0 radical (unpaired) electrons. The molecule has 9 unspecified atom stereocenters. The number of methoxy groups -OCH3 is 1. The van der Waals surface area contributed by atoms with Crippen LogP contribution in [0.4, 0.5) is 5.69 Å². The first-order valence-electron chi connectivity index (χ1n) is 22.8. The number of fused-ring (bicyclic) bond motifs is 14. The summed E-state index contributed by atoms with van der Waals surface area (Å²) in [6.45, 7) is 11.5. The van der Waals surface area contributed by atoms with Crippen LogP contribution in [0.2, 0.25) is 0 Å². The van der Waals surface area contributed by atoms with E-state index in [1.807, 2.05) is 0 Å². The Morgan fingerprint density at radius 1 is 0.871 bits per heavy atom. The Balaban J connectivity index is 1.53. The van der Waals surface area contributed by atoms with Gasteiger partial charge in [0, 0.05) is 61.2 Å². The predicted octanol–water partition coefficient (Wildman–Crippen LogP) is 6.18. The van der Waals surface area contributed by atoms with Gasteiger partial charge in [0.15, 0.2) is 5.75 Å². The van der Waals surface area contributed by atoms with Crippen molar-refractivity contribution in [1.29, 1.82) is 0 Å². The van der Waals surface area contributed by atoms with Gasteiger partial charge in [0.25, 0.3) is 17.6 Å². The number of benzene rings is 4. The molecule has 3 aliphatic heterocycles. The van der Waals surface area contributed by atoms with Gasteiger partial charge in [-0.2, -0.15) is 5.10 Å². The van der Waals surface area contributed by atoms with Crippen LogP contribution in [-0.2, 0) is 34.0 Å². The molecule has 17 heteroatoms. The summed E-state index contributed by atoms with van der Waals surface area (Å²) in [5.41, 5.74) is 0.439. The monoisotopic (exact) mass is 963 g/mol. The Morgan fingerprint density at radius 2 is 1.49 bits per heavy atom. The summed E-state index contributed by atoms with van der Waals surface area (Å²) in [5.74, 6) is -10.3. The summed E-state index contributed by atoms with van der Waals surface area (Å²) in [6.07, 6.45) is 4.00. The van der Waals surface area contributed by atoms with Crippen molar-refractivity contribution in [2.24, 2.45) is 28.8 Å². The minimum Gasteiger partial charge on any atom is -0.507 e. The van der Waals surface area contributed by atoms with E-state index < -0.39 is 129 Å².